The molecule has 4 aromatic rings. The Morgan fingerprint density at radius 2 is 1.70 bits per heavy atom. The SMILES string of the molecule is CCC(=O)Nc1ccc2nc(SCC(=O)c3ccc(-c4ccccc4)cc3)sc2c1. The Balaban J connectivity index is 1.40. The number of thioether (sulfide) groups is 1. The van der Waals surface area contributed by atoms with Gasteiger partial charge in [0.2, 0.25) is 5.91 Å². The first-order valence-corrected chi connectivity index (χ1v) is 11.4. The number of hydrogen-bond acceptors (Lipinski definition) is 5. The van der Waals surface area contributed by atoms with Crippen molar-refractivity contribution in [2.45, 2.75) is 17.7 Å². The predicted molar refractivity (Wildman–Crippen MR) is 125 cm³/mol. The smallest absolute Gasteiger partial charge is 0.224 e. The molecule has 4 rings (SSSR count). The number of rotatable bonds is 7. The summed E-state index contributed by atoms with van der Waals surface area (Å²) in [4.78, 5) is 28.8. The summed E-state index contributed by atoms with van der Waals surface area (Å²) in [6.07, 6.45) is 0.441. The highest BCUT2D eigenvalue weighted by Crippen LogP contribution is 2.32. The highest BCUT2D eigenvalue weighted by Gasteiger charge is 2.11. The van der Waals surface area contributed by atoms with Gasteiger partial charge >= 0.3 is 0 Å². The van der Waals surface area contributed by atoms with E-state index in [9.17, 15) is 9.59 Å². The molecular weight excluding hydrogens is 412 g/mol. The quantitative estimate of drug-likeness (QED) is 0.275. The molecule has 0 aliphatic rings. The van der Waals surface area contributed by atoms with E-state index in [4.69, 9.17) is 0 Å². The maximum atomic E-state index is 12.6. The van der Waals surface area contributed by atoms with Crippen LogP contribution in [0.1, 0.15) is 23.7 Å². The molecule has 1 N–H and O–H groups in total. The third-order valence-electron chi connectivity index (χ3n) is 4.61. The van der Waals surface area contributed by atoms with Gasteiger partial charge in [-0.3, -0.25) is 9.59 Å². The Hall–Kier alpha value is -2.96. The van der Waals surface area contributed by atoms with Crippen LogP contribution in [0.4, 0.5) is 5.69 Å². The fraction of sp³-hybridized carbons (Fsp3) is 0.125. The fourth-order valence-electron chi connectivity index (χ4n) is 2.98. The minimum Gasteiger partial charge on any atom is -0.326 e. The molecule has 0 saturated heterocycles. The van der Waals surface area contributed by atoms with Gasteiger partial charge in [0.25, 0.3) is 0 Å². The van der Waals surface area contributed by atoms with Crippen LogP contribution < -0.4 is 5.32 Å². The molecule has 6 heteroatoms. The van der Waals surface area contributed by atoms with E-state index < -0.39 is 0 Å². The molecule has 0 bridgehead atoms. The third kappa shape index (κ3) is 4.78. The molecule has 1 aromatic heterocycles. The lowest BCUT2D eigenvalue weighted by atomic mass is 10.0. The van der Waals surface area contributed by atoms with Crippen LogP contribution in [-0.4, -0.2) is 22.4 Å². The van der Waals surface area contributed by atoms with Gasteiger partial charge in [0.05, 0.1) is 16.0 Å². The summed E-state index contributed by atoms with van der Waals surface area (Å²) in [6.45, 7) is 1.82. The predicted octanol–water partition coefficient (Wildman–Crippen LogP) is 6.29. The average molecular weight is 433 g/mol. The molecule has 150 valence electrons. The lowest BCUT2D eigenvalue weighted by Gasteiger charge is -2.03. The van der Waals surface area contributed by atoms with Crippen molar-refractivity contribution in [1.29, 1.82) is 0 Å². The third-order valence-corrected chi connectivity index (χ3v) is 6.78. The molecule has 0 saturated carbocycles. The van der Waals surface area contributed by atoms with Gasteiger partial charge in [-0.2, -0.15) is 0 Å². The molecule has 3 aromatic carbocycles. The van der Waals surface area contributed by atoms with E-state index in [1.54, 1.807) is 0 Å². The van der Waals surface area contributed by atoms with Gasteiger partial charge in [0.15, 0.2) is 10.1 Å². The van der Waals surface area contributed by atoms with Crippen LogP contribution in [0.3, 0.4) is 0 Å². The van der Waals surface area contributed by atoms with Crippen molar-refractivity contribution in [2.75, 3.05) is 11.1 Å². The Morgan fingerprint density at radius 3 is 2.43 bits per heavy atom. The number of hydrogen-bond donors (Lipinski definition) is 1. The van der Waals surface area contributed by atoms with Crippen molar-refractivity contribution >= 4 is 50.7 Å². The van der Waals surface area contributed by atoms with E-state index in [-0.39, 0.29) is 11.7 Å². The average Bonchev–Trinajstić information content (AvgIpc) is 3.20. The number of Topliss-reactive ketones (excluding diaryl/α,β-unsaturated/α-hetero) is 1. The second kappa shape index (κ2) is 9.24. The summed E-state index contributed by atoms with van der Waals surface area (Å²) in [7, 11) is 0. The lowest BCUT2D eigenvalue weighted by Crippen LogP contribution is -2.08. The summed E-state index contributed by atoms with van der Waals surface area (Å²) < 4.78 is 1.84. The molecule has 0 aliphatic heterocycles. The highest BCUT2D eigenvalue weighted by molar-refractivity contribution is 8.01. The molecular formula is C24H20N2O2S2. The maximum absolute atomic E-state index is 12.6. The van der Waals surface area contributed by atoms with Crippen molar-refractivity contribution in [2.24, 2.45) is 0 Å². The van der Waals surface area contributed by atoms with Crippen molar-refractivity contribution in [1.82, 2.24) is 4.98 Å². The summed E-state index contributed by atoms with van der Waals surface area (Å²) >= 11 is 2.98. The van der Waals surface area contributed by atoms with Crippen molar-refractivity contribution < 1.29 is 9.59 Å². The van der Waals surface area contributed by atoms with Crippen LogP contribution in [0.25, 0.3) is 21.3 Å². The fourth-order valence-corrected chi connectivity index (χ4v) is 4.98. The zero-order valence-corrected chi connectivity index (χ0v) is 18.1. The van der Waals surface area contributed by atoms with Gasteiger partial charge in [-0.15, -0.1) is 11.3 Å². The summed E-state index contributed by atoms with van der Waals surface area (Å²) in [5.74, 6) is 0.399. The number of amides is 1. The minimum absolute atomic E-state index is 0.0163. The van der Waals surface area contributed by atoms with Crippen LogP contribution in [0, 0.1) is 0 Å². The first-order valence-electron chi connectivity index (χ1n) is 9.64. The number of aromatic nitrogens is 1. The van der Waals surface area contributed by atoms with Crippen LogP contribution in [0.15, 0.2) is 77.1 Å². The second-order valence-electron chi connectivity index (χ2n) is 6.72. The standard InChI is InChI=1S/C24H20N2O2S2/c1-2-23(28)25-19-12-13-20-22(14-19)30-24(26-20)29-15-21(27)18-10-8-17(9-11-18)16-6-4-3-5-7-16/h3-14H,2,15H2,1H3,(H,25,28). The number of carbonyl (C=O) groups excluding carboxylic acids is 2. The molecule has 0 aliphatic carbocycles. The zero-order valence-electron chi connectivity index (χ0n) is 16.4. The van der Waals surface area contributed by atoms with Crippen LogP contribution in [0.2, 0.25) is 0 Å². The normalized spacial score (nSPS) is 10.8. The van der Waals surface area contributed by atoms with E-state index in [1.807, 2.05) is 67.6 Å². The van der Waals surface area contributed by atoms with E-state index in [0.29, 0.717) is 17.7 Å². The Morgan fingerprint density at radius 1 is 0.967 bits per heavy atom. The molecule has 0 atom stereocenters. The van der Waals surface area contributed by atoms with Gasteiger partial charge in [-0.25, -0.2) is 4.98 Å². The maximum Gasteiger partial charge on any atom is 0.224 e. The highest BCUT2D eigenvalue weighted by atomic mass is 32.2. The van der Waals surface area contributed by atoms with E-state index >= 15 is 0 Å². The van der Waals surface area contributed by atoms with E-state index in [0.717, 1.165) is 31.4 Å². The number of fused-ring (bicyclic) bond motifs is 1. The van der Waals surface area contributed by atoms with Crippen molar-refractivity contribution in [3.05, 3.63) is 78.4 Å². The summed E-state index contributed by atoms with van der Waals surface area (Å²) in [6, 6.07) is 23.5. The summed E-state index contributed by atoms with van der Waals surface area (Å²) in [5.41, 5.74) is 4.57. The first kappa shape index (κ1) is 20.3. The monoisotopic (exact) mass is 432 g/mol. The number of ketones is 1. The van der Waals surface area contributed by atoms with Gasteiger partial charge in [0, 0.05) is 17.7 Å². The first-order chi connectivity index (χ1) is 14.6. The Kier molecular flexibility index (Phi) is 6.26. The molecule has 0 unspecified atom stereocenters. The molecule has 30 heavy (non-hydrogen) atoms. The zero-order chi connectivity index (χ0) is 20.9. The molecule has 0 radical (unpaired) electrons. The topological polar surface area (TPSA) is 59.1 Å². The van der Waals surface area contributed by atoms with Gasteiger partial charge in [-0.05, 0) is 29.3 Å². The molecule has 1 heterocycles. The van der Waals surface area contributed by atoms with Crippen LogP contribution in [0.5, 0.6) is 0 Å². The molecule has 4 nitrogen and oxygen atoms in total. The number of benzene rings is 3. The Labute approximate surface area is 183 Å². The largest absolute Gasteiger partial charge is 0.326 e. The minimum atomic E-state index is -0.0163. The number of anilines is 1. The molecule has 0 fully saturated rings. The summed E-state index contributed by atoms with van der Waals surface area (Å²) in [5, 5.41) is 2.86. The van der Waals surface area contributed by atoms with Crippen LogP contribution in [-0.2, 0) is 4.79 Å². The lowest BCUT2D eigenvalue weighted by molar-refractivity contribution is -0.115. The Bertz CT molecular complexity index is 1190. The second-order valence-corrected chi connectivity index (χ2v) is 8.97. The van der Waals surface area contributed by atoms with Crippen molar-refractivity contribution in [3.63, 3.8) is 0 Å². The van der Waals surface area contributed by atoms with Crippen LogP contribution >= 0.6 is 23.1 Å². The van der Waals surface area contributed by atoms with Gasteiger partial charge in [-0.1, -0.05) is 73.3 Å². The van der Waals surface area contributed by atoms with Gasteiger partial charge < -0.3 is 5.32 Å². The molecule has 1 amide bonds. The van der Waals surface area contributed by atoms with E-state index in [2.05, 4.69) is 22.4 Å². The number of nitrogens with zero attached hydrogens (tertiary/aromatic N) is 1. The van der Waals surface area contributed by atoms with Crippen molar-refractivity contribution in [3.8, 4) is 11.1 Å². The number of nitrogens with one attached hydrogen (secondary N) is 1. The van der Waals surface area contributed by atoms with Gasteiger partial charge in [0.1, 0.15) is 0 Å². The number of thiazole rings is 1. The molecule has 0 spiro atoms. The number of carbonyl (C=O) groups is 2. The van der Waals surface area contributed by atoms with E-state index in [1.165, 1.54) is 23.1 Å².